The molecular weight excluding hydrogens is 304 g/mol. The van der Waals surface area contributed by atoms with Crippen molar-refractivity contribution >= 4 is 17.5 Å². The third-order valence-electron chi connectivity index (χ3n) is 3.14. The van der Waals surface area contributed by atoms with Crippen LogP contribution in [-0.4, -0.2) is 38.4 Å². The number of amides is 1. The molecule has 4 nitrogen and oxygen atoms in total. The molecule has 1 N–H and O–H groups in total. The van der Waals surface area contributed by atoms with Gasteiger partial charge in [0.1, 0.15) is 10.8 Å². The van der Waals surface area contributed by atoms with Crippen LogP contribution in [0.1, 0.15) is 23.2 Å². The second kappa shape index (κ2) is 7.68. The summed E-state index contributed by atoms with van der Waals surface area (Å²) in [6, 6.07) is 2.01. The van der Waals surface area contributed by atoms with E-state index in [2.05, 4.69) is 5.32 Å². The first-order chi connectivity index (χ1) is 10.1. The molecule has 1 aliphatic rings. The molecule has 1 amide bonds. The Labute approximate surface area is 126 Å². The highest BCUT2D eigenvalue weighted by Gasteiger charge is 2.17. The summed E-state index contributed by atoms with van der Waals surface area (Å²) in [5.41, 5.74) is -0.291. The Morgan fingerprint density at radius 3 is 3.00 bits per heavy atom. The zero-order valence-electron chi connectivity index (χ0n) is 11.3. The van der Waals surface area contributed by atoms with Gasteiger partial charge in [-0.15, -0.1) is 0 Å². The first-order valence-corrected chi connectivity index (χ1v) is 7.08. The molecule has 1 aromatic carbocycles. The van der Waals surface area contributed by atoms with Crippen molar-refractivity contribution in [2.75, 3.05) is 26.4 Å². The predicted octanol–water partition coefficient (Wildman–Crippen LogP) is 2.54. The zero-order chi connectivity index (χ0) is 15.2. The summed E-state index contributed by atoms with van der Waals surface area (Å²) in [6.45, 7) is 1.75. The van der Waals surface area contributed by atoms with Crippen molar-refractivity contribution in [2.24, 2.45) is 0 Å². The third-order valence-corrected chi connectivity index (χ3v) is 3.49. The Balaban J connectivity index is 1.73. The van der Waals surface area contributed by atoms with Gasteiger partial charge in [0.2, 0.25) is 0 Å². The molecule has 0 bridgehead atoms. The monoisotopic (exact) mass is 319 g/mol. The molecule has 0 saturated carbocycles. The van der Waals surface area contributed by atoms with Gasteiger partial charge in [-0.3, -0.25) is 4.79 Å². The first-order valence-electron chi connectivity index (χ1n) is 6.70. The number of hydrogen-bond donors (Lipinski definition) is 1. The minimum Gasteiger partial charge on any atom is -0.377 e. The van der Waals surface area contributed by atoms with E-state index >= 15 is 0 Å². The van der Waals surface area contributed by atoms with Crippen molar-refractivity contribution in [3.8, 4) is 0 Å². The highest BCUT2D eigenvalue weighted by Crippen LogP contribution is 2.21. The van der Waals surface area contributed by atoms with Gasteiger partial charge >= 0.3 is 0 Å². The molecule has 0 aromatic heterocycles. The molecule has 1 saturated heterocycles. The third kappa shape index (κ3) is 4.36. The molecule has 0 spiro atoms. The van der Waals surface area contributed by atoms with Crippen molar-refractivity contribution in [1.82, 2.24) is 5.32 Å². The van der Waals surface area contributed by atoms with Gasteiger partial charge in [0.05, 0.1) is 24.9 Å². The van der Waals surface area contributed by atoms with E-state index in [1.165, 1.54) is 0 Å². The Morgan fingerprint density at radius 1 is 1.48 bits per heavy atom. The van der Waals surface area contributed by atoms with Crippen molar-refractivity contribution in [3.05, 3.63) is 34.4 Å². The van der Waals surface area contributed by atoms with Crippen LogP contribution in [-0.2, 0) is 9.47 Å². The lowest BCUT2D eigenvalue weighted by atomic mass is 10.2. The molecule has 0 aliphatic carbocycles. The van der Waals surface area contributed by atoms with Crippen molar-refractivity contribution in [1.29, 1.82) is 0 Å². The molecule has 21 heavy (non-hydrogen) atoms. The molecule has 1 aromatic rings. The molecule has 0 radical (unpaired) electrons. The van der Waals surface area contributed by atoms with E-state index in [1.807, 2.05) is 0 Å². The quantitative estimate of drug-likeness (QED) is 0.647. The van der Waals surface area contributed by atoms with Crippen LogP contribution in [0.15, 0.2) is 12.1 Å². The maximum Gasteiger partial charge on any atom is 0.254 e. The molecule has 116 valence electrons. The van der Waals surface area contributed by atoms with Gasteiger partial charge in [0.15, 0.2) is 5.82 Å². The minimum atomic E-state index is -1.06. The number of hydrogen-bond acceptors (Lipinski definition) is 3. The van der Waals surface area contributed by atoms with Crippen LogP contribution in [0.2, 0.25) is 5.02 Å². The highest BCUT2D eigenvalue weighted by molar-refractivity contribution is 6.31. The summed E-state index contributed by atoms with van der Waals surface area (Å²) in [6.07, 6.45) is 2.13. The van der Waals surface area contributed by atoms with E-state index in [1.54, 1.807) is 0 Å². The average Bonchev–Trinajstić information content (AvgIpc) is 2.97. The van der Waals surface area contributed by atoms with Crippen LogP contribution in [0, 0.1) is 11.6 Å². The number of benzene rings is 1. The summed E-state index contributed by atoms with van der Waals surface area (Å²) < 4.78 is 37.3. The molecule has 2 rings (SSSR count). The molecular formula is C14H16ClF2NO3. The van der Waals surface area contributed by atoms with E-state index in [4.69, 9.17) is 21.1 Å². The minimum absolute atomic E-state index is 0.119. The summed E-state index contributed by atoms with van der Waals surface area (Å²) >= 11 is 5.41. The number of carbonyl (C=O) groups is 1. The van der Waals surface area contributed by atoms with Crippen molar-refractivity contribution in [3.63, 3.8) is 0 Å². The molecule has 1 atom stereocenters. The Bertz CT molecular complexity index is 507. The number of carbonyl (C=O) groups excluding carboxylic acids is 1. The standard InChI is InChI=1S/C14H16ClF2NO3/c15-12-11(16)4-3-10(13(12)17)14(19)18-5-7-20-8-9-2-1-6-21-9/h3-4,9H,1-2,5-8H2,(H,18,19)/t9-/m1/s1. The molecule has 1 heterocycles. The van der Waals surface area contributed by atoms with Gasteiger partial charge in [-0.1, -0.05) is 11.6 Å². The van der Waals surface area contributed by atoms with E-state index in [0.717, 1.165) is 31.6 Å². The summed E-state index contributed by atoms with van der Waals surface area (Å²) in [4.78, 5) is 11.7. The fourth-order valence-corrected chi connectivity index (χ4v) is 2.19. The van der Waals surface area contributed by atoms with Crippen LogP contribution >= 0.6 is 11.6 Å². The molecule has 0 unspecified atom stereocenters. The topological polar surface area (TPSA) is 47.6 Å². The fourth-order valence-electron chi connectivity index (χ4n) is 2.02. The lowest BCUT2D eigenvalue weighted by Crippen LogP contribution is -2.29. The molecule has 1 fully saturated rings. The number of rotatable bonds is 6. The van der Waals surface area contributed by atoms with Gasteiger partial charge in [-0.2, -0.15) is 0 Å². The van der Waals surface area contributed by atoms with Crippen LogP contribution in [0.4, 0.5) is 8.78 Å². The molecule has 1 aliphatic heterocycles. The second-order valence-electron chi connectivity index (χ2n) is 4.69. The van der Waals surface area contributed by atoms with Crippen LogP contribution in [0.25, 0.3) is 0 Å². The van der Waals surface area contributed by atoms with Crippen LogP contribution in [0.5, 0.6) is 0 Å². The van der Waals surface area contributed by atoms with Gasteiger partial charge in [0.25, 0.3) is 5.91 Å². The second-order valence-corrected chi connectivity index (χ2v) is 5.07. The first kappa shape index (κ1) is 16.1. The predicted molar refractivity (Wildman–Crippen MR) is 73.5 cm³/mol. The average molecular weight is 320 g/mol. The van der Waals surface area contributed by atoms with E-state index in [-0.39, 0.29) is 18.2 Å². The highest BCUT2D eigenvalue weighted by atomic mass is 35.5. The number of ether oxygens (including phenoxy) is 2. The fraction of sp³-hybridized carbons (Fsp3) is 0.500. The van der Waals surface area contributed by atoms with Gasteiger partial charge in [-0.05, 0) is 25.0 Å². The smallest absolute Gasteiger partial charge is 0.254 e. The molecule has 7 heteroatoms. The van der Waals surface area contributed by atoms with Gasteiger partial charge in [-0.25, -0.2) is 8.78 Å². The van der Waals surface area contributed by atoms with Crippen molar-refractivity contribution in [2.45, 2.75) is 18.9 Å². The number of nitrogens with one attached hydrogen (secondary N) is 1. The van der Waals surface area contributed by atoms with Crippen LogP contribution in [0.3, 0.4) is 0 Å². The van der Waals surface area contributed by atoms with E-state index < -0.39 is 22.6 Å². The summed E-state index contributed by atoms with van der Waals surface area (Å²) in [7, 11) is 0. The lowest BCUT2D eigenvalue weighted by Gasteiger charge is -2.11. The van der Waals surface area contributed by atoms with Gasteiger partial charge < -0.3 is 14.8 Å². The Hall–Kier alpha value is -1.24. The van der Waals surface area contributed by atoms with E-state index in [0.29, 0.717) is 13.2 Å². The maximum absolute atomic E-state index is 13.6. The number of halogens is 3. The Morgan fingerprint density at radius 2 is 2.29 bits per heavy atom. The lowest BCUT2D eigenvalue weighted by molar-refractivity contribution is 0.0183. The largest absolute Gasteiger partial charge is 0.377 e. The Kier molecular flexibility index (Phi) is 5.90. The maximum atomic E-state index is 13.6. The summed E-state index contributed by atoms with van der Waals surface area (Å²) in [5.74, 6) is -2.62. The van der Waals surface area contributed by atoms with E-state index in [9.17, 15) is 13.6 Å². The SMILES string of the molecule is O=C(NCCOC[C@H]1CCCO1)c1ccc(F)c(Cl)c1F. The van der Waals surface area contributed by atoms with Crippen molar-refractivity contribution < 1.29 is 23.0 Å². The normalized spacial score (nSPS) is 18.0. The van der Waals surface area contributed by atoms with Crippen LogP contribution < -0.4 is 5.32 Å². The zero-order valence-corrected chi connectivity index (χ0v) is 12.1. The van der Waals surface area contributed by atoms with Gasteiger partial charge in [0, 0.05) is 13.2 Å². The summed E-state index contributed by atoms with van der Waals surface area (Å²) in [5, 5.41) is 1.80.